The van der Waals surface area contributed by atoms with Crippen LogP contribution in [-0.4, -0.2) is 69.7 Å². The van der Waals surface area contributed by atoms with Crippen molar-refractivity contribution in [3.05, 3.63) is 41.9 Å². The van der Waals surface area contributed by atoms with Crippen LogP contribution < -0.4 is 15.0 Å². The number of phenols is 1. The van der Waals surface area contributed by atoms with Gasteiger partial charge < -0.3 is 24.8 Å². The number of benzene rings is 1. The van der Waals surface area contributed by atoms with Gasteiger partial charge in [-0.05, 0) is 50.5 Å². The summed E-state index contributed by atoms with van der Waals surface area (Å²) in [4.78, 5) is 19.7. The fourth-order valence-electron chi connectivity index (χ4n) is 4.23. The van der Waals surface area contributed by atoms with Crippen molar-refractivity contribution in [1.29, 1.82) is 0 Å². The number of fused-ring (bicyclic) bond motifs is 1. The Balaban J connectivity index is 1.59. The predicted molar refractivity (Wildman–Crippen MR) is 126 cm³/mol. The highest BCUT2D eigenvalue weighted by Gasteiger charge is 2.25. The Morgan fingerprint density at radius 3 is 2.71 bits per heavy atom. The van der Waals surface area contributed by atoms with Gasteiger partial charge in [0.15, 0.2) is 5.82 Å². The molecule has 10 nitrogen and oxygen atoms in total. The summed E-state index contributed by atoms with van der Waals surface area (Å²) >= 11 is 0. The molecule has 1 saturated heterocycles. The fraction of sp³-hybridized carbons (Fsp3) is 0.417. The van der Waals surface area contributed by atoms with Gasteiger partial charge in [0.05, 0.1) is 37.3 Å². The van der Waals surface area contributed by atoms with E-state index in [0.717, 1.165) is 37.3 Å². The minimum absolute atomic E-state index is 0.0167. The van der Waals surface area contributed by atoms with Crippen LogP contribution in [0.1, 0.15) is 36.5 Å². The molecule has 178 valence electrons. The zero-order valence-electron chi connectivity index (χ0n) is 19.3. The summed E-state index contributed by atoms with van der Waals surface area (Å²) in [6.07, 6.45) is 3.44. The number of aryl methyl sites for hydroxylation is 1. The zero-order chi connectivity index (χ0) is 23.7. The van der Waals surface area contributed by atoms with Crippen molar-refractivity contribution in [2.24, 2.45) is 0 Å². The normalized spacial score (nSPS) is 15.7. The number of pyridine rings is 1. The number of aromatic nitrogens is 4. The van der Waals surface area contributed by atoms with Gasteiger partial charge in [-0.2, -0.15) is 0 Å². The van der Waals surface area contributed by atoms with Crippen molar-refractivity contribution in [1.82, 2.24) is 25.1 Å². The van der Waals surface area contributed by atoms with E-state index in [1.807, 2.05) is 32.0 Å². The van der Waals surface area contributed by atoms with E-state index in [1.165, 1.54) is 0 Å². The van der Waals surface area contributed by atoms with Crippen molar-refractivity contribution in [2.75, 3.05) is 37.8 Å². The molecule has 0 unspecified atom stereocenters. The van der Waals surface area contributed by atoms with E-state index in [0.29, 0.717) is 42.6 Å². The molecule has 5 rings (SSSR count). The van der Waals surface area contributed by atoms with Crippen molar-refractivity contribution >= 4 is 11.7 Å². The summed E-state index contributed by atoms with van der Waals surface area (Å²) in [5.74, 6) is 1.66. The number of rotatable bonds is 5. The largest absolute Gasteiger partial charge is 0.507 e. The molecule has 2 aromatic heterocycles. The molecule has 2 N–H and O–H groups in total. The highest BCUT2D eigenvalue weighted by molar-refractivity contribution is 5.92. The highest BCUT2D eigenvalue weighted by atomic mass is 16.5. The van der Waals surface area contributed by atoms with Gasteiger partial charge in [-0.15, -0.1) is 10.2 Å². The second-order valence-corrected chi connectivity index (χ2v) is 8.71. The van der Waals surface area contributed by atoms with Crippen molar-refractivity contribution in [3.63, 3.8) is 0 Å². The number of phenolic OH excluding ortho intramolecular Hbond substituents is 1. The number of nitrogens with zero attached hydrogens (tertiary/aromatic N) is 5. The monoisotopic (exact) mass is 464 g/mol. The molecule has 1 aromatic carbocycles. The second kappa shape index (κ2) is 9.30. The fourth-order valence-corrected chi connectivity index (χ4v) is 4.23. The maximum absolute atomic E-state index is 13.0. The van der Waals surface area contributed by atoms with Crippen LogP contribution in [0.2, 0.25) is 0 Å². The molecule has 0 spiro atoms. The molecule has 0 saturated carbocycles. The Bertz CT molecular complexity index is 1180. The maximum atomic E-state index is 13.0. The van der Waals surface area contributed by atoms with Gasteiger partial charge in [0.1, 0.15) is 17.3 Å². The van der Waals surface area contributed by atoms with Crippen LogP contribution in [-0.2, 0) is 11.2 Å². The first kappa shape index (κ1) is 22.1. The lowest BCUT2D eigenvalue weighted by Gasteiger charge is -2.27. The van der Waals surface area contributed by atoms with Crippen LogP contribution in [0.4, 0.5) is 5.82 Å². The van der Waals surface area contributed by atoms with Crippen LogP contribution in [0.15, 0.2) is 30.5 Å². The number of aromatic hydroxyl groups is 1. The second-order valence-electron chi connectivity index (χ2n) is 8.71. The Hall–Kier alpha value is -3.66. The van der Waals surface area contributed by atoms with Gasteiger partial charge in [0, 0.05) is 25.2 Å². The van der Waals surface area contributed by atoms with E-state index < -0.39 is 0 Å². The van der Waals surface area contributed by atoms with E-state index in [4.69, 9.17) is 9.47 Å². The van der Waals surface area contributed by atoms with Gasteiger partial charge in [0.25, 0.3) is 5.91 Å². The third-order valence-corrected chi connectivity index (χ3v) is 5.88. The minimum atomic E-state index is -0.355. The SMILES string of the molecule is CC(C)NC(=O)c1nnc(-c2cc3c(cc2O)OCCC3)n1-c1ccc(N2CCOCC2)nc1. The predicted octanol–water partition coefficient (Wildman–Crippen LogP) is 2.33. The first-order valence-electron chi connectivity index (χ1n) is 11.6. The lowest BCUT2D eigenvalue weighted by Crippen LogP contribution is -2.36. The van der Waals surface area contributed by atoms with E-state index in [-0.39, 0.29) is 23.5 Å². The van der Waals surface area contributed by atoms with E-state index in [9.17, 15) is 9.90 Å². The Morgan fingerprint density at radius 2 is 1.97 bits per heavy atom. The van der Waals surface area contributed by atoms with Gasteiger partial charge in [-0.1, -0.05) is 0 Å². The van der Waals surface area contributed by atoms with Gasteiger partial charge in [0.2, 0.25) is 5.82 Å². The lowest BCUT2D eigenvalue weighted by molar-refractivity contribution is 0.0930. The summed E-state index contributed by atoms with van der Waals surface area (Å²) in [7, 11) is 0. The van der Waals surface area contributed by atoms with Crippen LogP contribution in [0.25, 0.3) is 17.1 Å². The molecule has 34 heavy (non-hydrogen) atoms. The summed E-state index contributed by atoms with van der Waals surface area (Å²) in [6.45, 7) is 7.28. The van der Waals surface area contributed by atoms with Crippen LogP contribution >= 0.6 is 0 Å². The third-order valence-electron chi connectivity index (χ3n) is 5.88. The molecule has 3 aromatic rings. The number of carbonyl (C=O) groups excluding carboxylic acids is 1. The number of hydrogen-bond donors (Lipinski definition) is 2. The molecule has 0 aliphatic carbocycles. The summed E-state index contributed by atoms with van der Waals surface area (Å²) < 4.78 is 12.7. The third kappa shape index (κ3) is 4.28. The summed E-state index contributed by atoms with van der Waals surface area (Å²) in [5.41, 5.74) is 2.10. The van der Waals surface area contributed by atoms with Gasteiger partial charge in [-0.25, -0.2) is 4.98 Å². The Labute approximate surface area is 197 Å². The minimum Gasteiger partial charge on any atom is -0.507 e. The first-order valence-corrected chi connectivity index (χ1v) is 11.6. The van der Waals surface area contributed by atoms with Crippen molar-refractivity contribution < 1.29 is 19.4 Å². The Kier molecular flexibility index (Phi) is 6.06. The van der Waals surface area contributed by atoms with Gasteiger partial charge >= 0.3 is 0 Å². The molecule has 0 radical (unpaired) electrons. The molecule has 0 bridgehead atoms. The molecule has 1 fully saturated rings. The van der Waals surface area contributed by atoms with Gasteiger partial charge in [-0.3, -0.25) is 9.36 Å². The van der Waals surface area contributed by atoms with E-state index in [1.54, 1.807) is 16.8 Å². The highest BCUT2D eigenvalue weighted by Crippen LogP contribution is 2.38. The number of ether oxygens (including phenoxy) is 2. The number of carbonyl (C=O) groups is 1. The number of hydrogen-bond acceptors (Lipinski definition) is 8. The van der Waals surface area contributed by atoms with Crippen LogP contribution in [0.3, 0.4) is 0 Å². The van der Waals surface area contributed by atoms with E-state index >= 15 is 0 Å². The van der Waals surface area contributed by atoms with Crippen LogP contribution in [0, 0.1) is 0 Å². The number of nitrogens with one attached hydrogen (secondary N) is 1. The van der Waals surface area contributed by atoms with Crippen molar-refractivity contribution in [2.45, 2.75) is 32.7 Å². The average Bonchev–Trinajstić information content (AvgIpc) is 3.29. The van der Waals surface area contributed by atoms with E-state index in [2.05, 4.69) is 25.4 Å². The number of morpholine rings is 1. The zero-order valence-corrected chi connectivity index (χ0v) is 19.3. The summed E-state index contributed by atoms with van der Waals surface area (Å²) in [6, 6.07) is 7.20. The summed E-state index contributed by atoms with van der Waals surface area (Å²) in [5, 5.41) is 22.2. The number of amides is 1. The van der Waals surface area contributed by atoms with Crippen molar-refractivity contribution in [3.8, 4) is 28.6 Å². The molecule has 1 amide bonds. The average molecular weight is 465 g/mol. The quantitative estimate of drug-likeness (QED) is 0.591. The topological polar surface area (TPSA) is 115 Å². The molecule has 10 heteroatoms. The number of anilines is 1. The lowest BCUT2D eigenvalue weighted by atomic mass is 10.0. The molecular formula is C24H28N6O4. The maximum Gasteiger partial charge on any atom is 0.289 e. The first-order chi connectivity index (χ1) is 16.5. The molecule has 4 heterocycles. The Morgan fingerprint density at radius 1 is 1.15 bits per heavy atom. The molecule has 2 aliphatic heterocycles. The smallest absolute Gasteiger partial charge is 0.289 e. The van der Waals surface area contributed by atoms with Crippen LogP contribution in [0.5, 0.6) is 11.5 Å². The molecule has 0 atom stereocenters. The molecular weight excluding hydrogens is 436 g/mol. The standard InChI is InChI=1S/C24H28N6O4/c1-15(2)26-24(32)23-28-27-22(18-12-16-4-3-9-34-20(16)13-19(18)31)30(23)17-5-6-21(25-14-17)29-7-10-33-11-8-29/h5-6,12-15,31H,3-4,7-11H2,1-2H3,(H,26,32). The molecule has 2 aliphatic rings.